The first kappa shape index (κ1) is 18.7. The molecule has 0 amide bonds. The normalized spacial score (nSPS) is 21.0. The van der Waals surface area contributed by atoms with E-state index in [9.17, 15) is 0 Å². The molecule has 0 saturated heterocycles. The summed E-state index contributed by atoms with van der Waals surface area (Å²) in [6.07, 6.45) is 7.84. The van der Waals surface area contributed by atoms with Crippen molar-refractivity contribution in [3.05, 3.63) is 60.0 Å². The first-order valence-electron chi connectivity index (χ1n) is 10.4. The molecule has 136 valence electrons. The molecular weight excluding hydrogens is 479 g/mol. The van der Waals surface area contributed by atoms with E-state index in [0.717, 1.165) is 0 Å². The molecular formula is C25H32Hf. The maximum absolute atomic E-state index is 2.57. The summed E-state index contributed by atoms with van der Waals surface area (Å²) in [5, 5.41) is 0. The van der Waals surface area contributed by atoms with Gasteiger partial charge in [0, 0.05) is 0 Å². The van der Waals surface area contributed by atoms with Gasteiger partial charge in [0.15, 0.2) is 0 Å². The van der Waals surface area contributed by atoms with Crippen LogP contribution in [-0.4, -0.2) is 0 Å². The van der Waals surface area contributed by atoms with Gasteiger partial charge in [0.1, 0.15) is 0 Å². The van der Waals surface area contributed by atoms with Gasteiger partial charge in [-0.3, -0.25) is 0 Å². The van der Waals surface area contributed by atoms with Crippen molar-refractivity contribution in [1.29, 1.82) is 0 Å². The second-order valence-electron chi connectivity index (χ2n) is 8.72. The molecule has 0 fully saturated rings. The average Bonchev–Trinajstić information content (AvgIpc) is 3.26. The predicted octanol–water partition coefficient (Wildman–Crippen LogP) is 7.19. The van der Waals surface area contributed by atoms with Crippen LogP contribution in [0.25, 0.3) is 5.57 Å². The van der Waals surface area contributed by atoms with Gasteiger partial charge in [0.05, 0.1) is 0 Å². The van der Waals surface area contributed by atoms with Gasteiger partial charge < -0.3 is 0 Å². The summed E-state index contributed by atoms with van der Waals surface area (Å²) in [5.74, 6) is 0. The molecule has 0 radical (unpaired) electrons. The molecule has 1 aromatic carbocycles. The van der Waals surface area contributed by atoms with E-state index in [1.807, 2.05) is 3.33 Å². The topological polar surface area (TPSA) is 0 Å². The van der Waals surface area contributed by atoms with Gasteiger partial charge >= 0.3 is 172 Å². The van der Waals surface area contributed by atoms with Crippen molar-refractivity contribution < 1.29 is 22.9 Å². The number of aryl methyl sites for hydroxylation is 1. The molecule has 0 N–H and O–H groups in total. The Kier molecular flexibility index (Phi) is 4.83. The summed E-state index contributed by atoms with van der Waals surface area (Å²) in [6.45, 7) is 14.5. The summed E-state index contributed by atoms with van der Waals surface area (Å²) in [7, 11) is 0. The van der Waals surface area contributed by atoms with Crippen LogP contribution in [0.2, 0.25) is 3.17 Å². The fraction of sp³-hybridized carbons (Fsp3) is 0.520. The zero-order chi connectivity index (χ0) is 18.6. The van der Waals surface area contributed by atoms with E-state index >= 15 is 0 Å². The summed E-state index contributed by atoms with van der Waals surface area (Å²) in [6, 6.07) is 4.92. The van der Waals surface area contributed by atoms with Crippen LogP contribution in [-0.2, 0) is 42.2 Å². The first-order chi connectivity index (χ1) is 12.4. The second-order valence-corrected chi connectivity index (χ2v) is 15.4. The summed E-state index contributed by atoms with van der Waals surface area (Å²) >= 11 is -1.01. The molecule has 0 heterocycles. The quantitative estimate of drug-likeness (QED) is 0.376. The molecule has 0 unspecified atom stereocenters. The van der Waals surface area contributed by atoms with Gasteiger partial charge in [0.2, 0.25) is 0 Å². The van der Waals surface area contributed by atoms with E-state index in [2.05, 4.69) is 53.7 Å². The molecule has 3 aliphatic rings. The zero-order valence-electron chi connectivity index (χ0n) is 17.4. The molecule has 0 nitrogen and oxygen atoms in total. The van der Waals surface area contributed by atoms with E-state index in [1.54, 1.807) is 50.1 Å². The number of rotatable bonds is 4. The standard InChI is InChI=1S/C15H17.C10H15.Hf/c1-2-4-12-9-10-13-8-7-11-5-3-6-14(11)15(12)13;1-6-7(2)9(4)10(5)8(6)3;/h7-8H,2-6,10H2,1H3;1-5H3;. The van der Waals surface area contributed by atoms with Crippen molar-refractivity contribution in [3.8, 4) is 0 Å². The molecule has 1 aromatic rings. The molecule has 1 heteroatoms. The van der Waals surface area contributed by atoms with E-state index < -0.39 is 22.9 Å². The molecule has 3 aliphatic carbocycles. The van der Waals surface area contributed by atoms with Crippen LogP contribution in [0.5, 0.6) is 0 Å². The Morgan fingerprint density at radius 1 is 0.962 bits per heavy atom. The molecule has 0 aliphatic heterocycles. The number of fused-ring (bicyclic) bond motifs is 3. The van der Waals surface area contributed by atoms with Crippen LogP contribution in [0.3, 0.4) is 0 Å². The van der Waals surface area contributed by atoms with Gasteiger partial charge in [-0.15, -0.1) is 0 Å². The Bertz CT molecular complexity index is 852. The van der Waals surface area contributed by atoms with Gasteiger partial charge in [-0.2, -0.15) is 0 Å². The fourth-order valence-corrected chi connectivity index (χ4v) is 12.7. The Hall–Kier alpha value is -0.690. The van der Waals surface area contributed by atoms with Gasteiger partial charge in [-0.25, -0.2) is 0 Å². The van der Waals surface area contributed by atoms with Crippen LogP contribution in [0, 0.1) is 0 Å². The van der Waals surface area contributed by atoms with Crippen LogP contribution in [0.15, 0.2) is 37.8 Å². The number of hydrogen-bond acceptors (Lipinski definition) is 0. The molecule has 4 rings (SSSR count). The Labute approximate surface area is 171 Å². The Morgan fingerprint density at radius 2 is 1.62 bits per heavy atom. The molecule has 26 heavy (non-hydrogen) atoms. The van der Waals surface area contributed by atoms with Crippen molar-refractivity contribution in [3.63, 3.8) is 0 Å². The van der Waals surface area contributed by atoms with E-state index in [-0.39, 0.29) is 0 Å². The molecule has 0 aromatic heterocycles. The van der Waals surface area contributed by atoms with Crippen LogP contribution in [0.1, 0.15) is 83.1 Å². The predicted molar refractivity (Wildman–Crippen MR) is 109 cm³/mol. The minimum atomic E-state index is -1.01. The summed E-state index contributed by atoms with van der Waals surface area (Å²) < 4.78 is 2.33. The average molecular weight is 511 g/mol. The third kappa shape index (κ3) is 2.64. The van der Waals surface area contributed by atoms with Crippen molar-refractivity contribution in [2.24, 2.45) is 0 Å². The van der Waals surface area contributed by atoms with E-state index in [0.29, 0.717) is 3.17 Å². The van der Waals surface area contributed by atoms with Crippen molar-refractivity contribution in [2.75, 3.05) is 0 Å². The van der Waals surface area contributed by atoms with Crippen LogP contribution < -0.4 is 0 Å². The molecule has 0 saturated carbocycles. The van der Waals surface area contributed by atoms with Crippen molar-refractivity contribution in [1.82, 2.24) is 0 Å². The monoisotopic (exact) mass is 512 g/mol. The third-order valence-corrected chi connectivity index (χ3v) is 14.8. The number of allylic oxidation sites excluding steroid dienone is 6. The van der Waals surface area contributed by atoms with Gasteiger partial charge in [-0.1, -0.05) is 0 Å². The van der Waals surface area contributed by atoms with Crippen molar-refractivity contribution >= 4 is 5.57 Å². The number of benzene rings is 1. The third-order valence-electron chi connectivity index (χ3n) is 7.49. The first-order valence-corrected chi connectivity index (χ1v) is 14.0. The van der Waals surface area contributed by atoms with Gasteiger partial charge in [-0.05, 0) is 0 Å². The SMILES string of the molecule is CCCC1=[C]([Hf][C]2(C)C(C)=C(C)C(C)=C2C)Cc2ccc3c(c21)CCC3. The second kappa shape index (κ2) is 6.73. The molecule has 0 spiro atoms. The fourth-order valence-electron chi connectivity index (χ4n) is 5.41. The zero-order valence-corrected chi connectivity index (χ0v) is 21.0. The van der Waals surface area contributed by atoms with Crippen LogP contribution >= 0.6 is 0 Å². The molecule has 0 atom stereocenters. The summed E-state index contributed by atoms with van der Waals surface area (Å²) in [5.41, 5.74) is 15.1. The number of hydrogen-bond donors (Lipinski definition) is 0. The van der Waals surface area contributed by atoms with E-state index in [4.69, 9.17) is 0 Å². The van der Waals surface area contributed by atoms with Crippen LogP contribution in [0.4, 0.5) is 0 Å². The summed E-state index contributed by atoms with van der Waals surface area (Å²) in [4.78, 5) is 0. The van der Waals surface area contributed by atoms with Gasteiger partial charge in [0.25, 0.3) is 0 Å². The maximum atomic E-state index is 2.57. The van der Waals surface area contributed by atoms with E-state index in [1.165, 1.54) is 38.5 Å². The Balaban J connectivity index is 1.79. The Morgan fingerprint density at radius 3 is 2.27 bits per heavy atom. The molecule has 0 bridgehead atoms. The van der Waals surface area contributed by atoms with Crippen molar-refractivity contribution in [2.45, 2.75) is 83.2 Å². The minimum absolute atomic E-state index is 0.410.